The Morgan fingerprint density at radius 2 is 2.35 bits per heavy atom. The number of rotatable bonds is 5. The van der Waals surface area contributed by atoms with Crippen LogP contribution in [0.4, 0.5) is 5.69 Å². The first kappa shape index (κ1) is 11.4. The zero-order valence-electron chi connectivity index (χ0n) is 9.92. The van der Waals surface area contributed by atoms with Gasteiger partial charge in [0, 0.05) is 18.4 Å². The summed E-state index contributed by atoms with van der Waals surface area (Å²) in [4.78, 5) is 4.18. The minimum atomic E-state index is 0.745. The van der Waals surface area contributed by atoms with E-state index in [-0.39, 0.29) is 0 Å². The van der Waals surface area contributed by atoms with E-state index < -0.39 is 0 Å². The quantitative estimate of drug-likeness (QED) is 0.837. The average Bonchev–Trinajstić information content (AvgIpc) is 2.82. The third kappa shape index (κ3) is 2.93. The van der Waals surface area contributed by atoms with Crippen LogP contribution in [0.25, 0.3) is 0 Å². The maximum atomic E-state index is 5.23. The van der Waals surface area contributed by atoms with Crippen LogP contribution in [0, 0.1) is 6.92 Å². The second kappa shape index (κ2) is 5.29. The van der Waals surface area contributed by atoms with Gasteiger partial charge in [0.2, 0.25) is 0 Å². The fraction of sp³-hybridized carbons (Fsp3) is 0.364. The van der Waals surface area contributed by atoms with Gasteiger partial charge in [0.15, 0.2) is 5.75 Å². The lowest BCUT2D eigenvalue weighted by Crippen LogP contribution is -2.12. The molecule has 2 aromatic rings. The standard InChI is InChI=1S/C11H15N5O/c1-9-7-10(11(17-2)8-13-9)12-3-5-16-6-4-14-15-16/h4,6-8H,3,5H2,1-2H3,(H,12,13). The first-order valence-corrected chi connectivity index (χ1v) is 5.38. The summed E-state index contributed by atoms with van der Waals surface area (Å²) in [5.74, 6) is 0.745. The molecule has 0 aliphatic carbocycles. The van der Waals surface area contributed by atoms with Gasteiger partial charge < -0.3 is 10.1 Å². The predicted octanol–water partition coefficient (Wildman–Crippen LogP) is 1.10. The summed E-state index contributed by atoms with van der Waals surface area (Å²) in [6, 6.07) is 1.96. The summed E-state index contributed by atoms with van der Waals surface area (Å²) >= 11 is 0. The lowest BCUT2D eigenvalue weighted by atomic mass is 10.3. The van der Waals surface area contributed by atoms with Gasteiger partial charge in [0.05, 0.1) is 31.7 Å². The number of aryl methyl sites for hydroxylation is 1. The number of aromatic nitrogens is 4. The molecule has 17 heavy (non-hydrogen) atoms. The summed E-state index contributed by atoms with van der Waals surface area (Å²) in [5.41, 5.74) is 1.90. The lowest BCUT2D eigenvalue weighted by Gasteiger charge is -2.11. The number of nitrogens with one attached hydrogen (secondary N) is 1. The second-order valence-corrected chi connectivity index (χ2v) is 3.62. The largest absolute Gasteiger partial charge is 0.493 e. The van der Waals surface area contributed by atoms with E-state index >= 15 is 0 Å². The van der Waals surface area contributed by atoms with Crippen LogP contribution < -0.4 is 10.1 Å². The predicted molar refractivity (Wildman–Crippen MR) is 64.0 cm³/mol. The molecule has 2 aromatic heterocycles. The van der Waals surface area contributed by atoms with Crippen molar-refractivity contribution in [2.45, 2.75) is 13.5 Å². The van der Waals surface area contributed by atoms with Crippen LogP contribution in [0.3, 0.4) is 0 Å². The number of hydrogen-bond donors (Lipinski definition) is 1. The molecule has 0 aromatic carbocycles. The van der Waals surface area contributed by atoms with E-state index in [2.05, 4.69) is 20.6 Å². The molecule has 0 unspecified atom stereocenters. The topological polar surface area (TPSA) is 64.9 Å². The highest BCUT2D eigenvalue weighted by molar-refractivity contribution is 5.55. The third-order valence-corrected chi connectivity index (χ3v) is 2.35. The van der Waals surface area contributed by atoms with E-state index in [4.69, 9.17) is 4.74 Å². The Balaban J connectivity index is 1.96. The van der Waals surface area contributed by atoms with Crippen molar-refractivity contribution in [2.75, 3.05) is 19.0 Å². The maximum absolute atomic E-state index is 5.23. The van der Waals surface area contributed by atoms with Crippen LogP contribution in [-0.2, 0) is 6.54 Å². The highest BCUT2D eigenvalue weighted by Gasteiger charge is 2.03. The molecule has 0 spiro atoms. The van der Waals surface area contributed by atoms with Crippen LogP contribution in [-0.4, -0.2) is 33.6 Å². The van der Waals surface area contributed by atoms with Gasteiger partial charge in [-0.2, -0.15) is 0 Å². The molecule has 0 radical (unpaired) electrons. The number of hydrogen-bond acceptors (Lipinski definition) is 5. The monoisotopic (exact) mass is 233 g/mol. The van der Waals surface area contributed by atoms with Gasteiger partial charge >= 0.3 is 0 Å². The zero-order valence-corrected chi connectivity index (χ0v) is 9.92. The van der Waals surface area contributed by atoms with Crippen molar-refractivity contribution in [3.8, 4) is 5.75 Å². The molecule has 0 saturated heterocycles. The Morgan fingerprint density at radius 1 is 1.47 bits per heavy atom. The fourth-order valence-corrected chi connectivity index (χ4v) is 1.51. The number of anilines is 1. The molecule has 6 heteroatoms. The zero-order chi connectivity index (χ0) is 12.1. The molecule has 2 heterocycles. The number of nitrogens with zero attached hydrogens (tertiary/aromatic N) is 4. The van der Waals surface area contributed by atoms with Gasteiger partial charge in [-0.05, 0) is 13.0 Å². The van der Waals surface area contributed by atoms with Crippen molar-refractivity contribution in [3.63, 3.8) is 0 Å². The summed E-state index contributed by atoms with van der Waals surface area (Å²) in [6.07, 6.45) is 5.21. The number of ether oxygens (including phenoxy) is 1. The van der Waals surface area contributed by atoms with Gasteiger partial charge in [-0.3, -0.25) is 9.67 Å². The first-order valence-electron chi connectivity index (χ1n) is 5.38. The molecule has 0 aliphatic rings. The van der Waals surface area contributed by atoms with Crippen LogP contribution in [0.2, 0.25) is 0 Å². The Morgan fingerprint density at radius 3 is 3.06 bits per heavy atom. The van der Waals surface area contributed by atoms with Crippen LogP contribution in [0.1, 0.15) is 5.69 Å². The van der Waals surface area contributed by atoms with E-state index in [9.17, 15) is 0 Å². The summed E-state index contributed by atoms with van der Waals surface area (Å²) in [6.45, 7) is 3.45. The Kier molecular flexibility index (Phi) is 3.54. The molecule has 6 nitrogen and oxygen atoms in total. The molecule has 0 aliphatic heterocycles. The summed E-state index contributed by atoms with van der Waals surface area (Å²) in [5, 5.41) is 10.9. The highest BCUT2D eigenvalue weighted by Crippen LogP contribution is 2.22. The molecule has 0 amide bonds. The Labute approximate surface area is 99.6 Å². The summed E-state index contributed by atoms with van der Waals surface area (Å²) in [7, 11) is 1.63. The van der Waals surface area contributed by atoms with Crippen molar-refractivity contribution in [2.24, 2.45) is 0 Å². The molecule has 0 atom stereocenters. The van der Waals surface area contributed by atoms with Crippen molar-refractivity contribution in [1.29, 1.82) is 0 Å². The molecule has 2 rings (SSSR count). The highest BCUT2D eigenvalue weighted by atomic mass is 16.5. The van der Waals surface area contributed by atoms with Gasteiger partial charge in [0.25, 0.3) is 0 Å². The Hall–Kier alpha value is -2.11. The maximum Gasteiger partial charge on any atom is 0.160 e. The lowest BCUT2D eigenvalue weighted by molar-refractivity contribution is 0.414. The van der Waals surface area contributed by atoms with E-state index in [0.717, 1.165) is 30.2 Å². The van der Waals surface area contributed by atoms with Crippen LogP contribution in [0.5, 0.6) is 5.75 Å². The minimum absolute atomic E-state index is 0.745. The Bertz CT molecular complexity index is 469. The minimum Gasteiger partial charge on any atom is -0.493 e. The van der Waals surface area contributed by atoms with Crippen molar-refractivity contribution in [1.82, 2.24) is 20.0 Å². The van der Waals surface area contributed by atoms with Gasteiger partial charge in [-0.25, -0.2) is 0 Å². The molecule has 90 valence electrons. The SMILES string of the molecule is COc1cnc(C)cc1NCCn1ccnn1. The summed E-state index contributed by atoms with van der Waals surface area (Å²) < 4.78 is 7.00. The van der Waals surface area contributed by atoms with E-state index in [1.54, 1.807) is 24.2 Å². The molecule has 1 N–H and O–H groups in total. The van der Waals surface area contributed by atoms with Crippen molar-refractivity contribution >= 4 is 5.69 Å². The average molecular weight is 233 g/mol. The molecular formula is C11H15N5O. The smallest absolute Gasteiger partial charge is 0.160 e. The third-order valence-electron chi connectivity index (χ3n) is 2.35. The first-order chi connectivity index (χ1) is 8.29. The van der Waals surface area contributed by atoms with E-state index in [1.165, 1.54) is 0 Å². The fourth-order valence-electron chi connectivity index (χ4n) is 1.51. The van der Waals surface area contributed by atoms with Gasteiger partial charge in [0.1, 0.15) is 0 Å². The number of methoxy groups -OCH3 is 1. The van der Waals surface area contributed by atoms with Crippen molar-refractivity contribution in [3.05, 3.63) is 30.4 Å². The molecule has 0 saturated carbocycles. The normalized spacial score (nSPS) is 10.2. The van der Waals surface area contributed by atoms with Gasteiger partial charge in [-0.15, -0.1) is 5.10 Å². The molecule has 0 bridgehead atoms. The van der Waals surface area contributed by atoms with Crippen molar-refractivity contribution < 1.29 is 4.74 Å². The van der Waals surface area contributed by atoms with E-state index in [0.29, 0.717) is 0 Å². The molecular weight excluding hydrogens is 218 g/mol. The van der Waals surface area contributed by atoms with Crippen LogP contribution >= 0.6 is 0 Å². The molecule has 0 fully saturated rings. The number of pyridine rings is 1. The van der Waals surface area contributed by atoms with Crippen LogP contribution in [0.15, 0.2) is 24.7 Å². The van der Waals surface area contributed by atoms with E-state index in [1.807, 2.05) is 19.2 Å². The van der Waals surface area contributed by atoms with Gasteiger partial charge in [-0.1, -0.05) is 5.21 Å². The second-order valence-electron chi connectivity index (χ2n) is 3.62.